The van der Waals surface area contributed by atoms with Crippen molar-refractivity contribution >= 4 is 33.0 Å². The van der Waals surface area contributed by atoms with Crippen molar-refractivity contribution in [3.8, 4) is 0 Å². The number of benzene rings is 2. The predicted octanol–water partition coefficient (Wildman–Crippen LogP) is 4.89. The summed E-state index contributed by atoms with van der Waals surface area (Å²) in [6.07, 6.45) is 1.14. The van der Waals surface area contributed by atoms with Crippen molar-refractivity contribution in [3.63, 3.8) is 0 Å². The van der Waals surface area contributed by atoms with Crippen molar-refractivity contribution in [3.05, 3.63) is 48.5 Å². The van der Waals surface area contributed by atoms with E-state index in [1.807, 2.05) is 24.3 Å². The van der Waals surface area contributed by atoms with Crippen LogP contribution in [0.5, 0.6) is 0 Å². The maximum atomic E-state index is 5.67. The molecule has 0 saturated carbocycles. The van der Waals surface area contributed by atoms with Gasteiger partial charge in [-0.25, -0.2) is 0 Å². The normalized spacial score (nSPS) is 10.4. The molecule has 0 aliphatic heterocycles. The van der Waals surface area contributed by atoms with Gasteiger partial charge < -0.3 is 11.1 Å². The highest BCUT2D eigenvalue weighted by molar-refractivity contribution is 8.76. The second-order valence-corrected chi connectivity index (χ2v) is 6.46. The fraction of sp³-hybridized carbons (Fsp3) is 0.200. The average molecular weight is 290 g/mol. The second-order valence-electron chi connectivity index (χ2n) is 4.19. The van der Waals surface area contributed by atoms with Crippen LogP contribution in [-0.4, -0.2) is 6.54 Å². The Labute approximate surface area is 122 Å². The van der Waals surface area contributed by atoms with E-state index in [-0.39, 0.29) is 0 Å². The first-order valence-electron chi connectivity index (χ1n) is 6.32. The van der Waals surface area contributed by atoms with E-state index in [4.69, 9.17) is 5.73 Å². The molecule has 0 fully saturated rings. The van der Waals surface area contributed by atoms with Gasteiger partial charge in [0.1, 0.15) is 0 Å². The van der Waals surface area contributed by atoms with Crippen molar-refractivity contribution in [2.75, 3.05) is 17.6 Å². The Morgan fingerprint density at radius 2 is 1.42 bits per heavy atom. The van der Waals surface area contributed by atoms with E-state index < -0.39 is 0 Å². The van der Waals surface area contributed by atoms with Crippen LogP contribution in [0.1, 0.15) is 13.3 Å². The van der Waals surface area contributed by atoms with Gasteiger partial charge in [0.2, 0.25) is 0 Å². The van der Waals surface area contributed by atoms with Gasteiger partial charge in [-0.2, -0.15) is 0 Å². The van der Waals surface area contributed by atoms with Crippen molar-refractivity contribution in [2.45, 2.75) is 23.1 Å². The summed E-state index contributed by atoms with van der Waals surface area (Å²) in [5.41, 5.74) is 7.66. The fourth-order valence-electron chi connectivity index (χ4n) is 1.52. The van der Waals surface area contributed by atoms with E-state index in [0.29, 0.717) is 0 Å². The van der Waals surface area contributed by atoms with E-state index in [1.165, 1.54) is 15.5 Å². The van der Waals surface area contributed by atoms with Crippen molar-refractivity contribution in [2.24, 2.45) is 0 Å². The Kier molecular flexibility index (Phi) is 5.48. The Morgan fingerprint density at radius 3 is 1.95 bits per heavy atom. The molecule has 0 aliphatic rings. The molecule has 2 aromatic rings. The van der Waals surface area contributed by atoms with Gasteiger partial charge >= 0.3 is 0 Å². The summed E-state index contributed by atoms with van der Waals surface area (Å²) in [6.45, 7) is 3.19. The Hall–Kier alpha value is -1.26. The third kappa shape index (κ3) is 4.73. The lowest BCUT2D eigenvalue weighted by molar-refractivity contribution is 0.979. The van der Waals surface area contributed by atoms with E-state index in [1.54, 1.807) is 21.6 Å². The number of hydrogen-bond donors (Lipinski definition) is 2. The van der Waals surface area contributed by atoms with E-state index >= 15 is 0 Å². The molecular weight excluding hydrogens is 272 g/mol. The molecule has 0 saturated heterocycles. The highest BCUT2D eigenvalue weighted by Crippen LogP contribution is 2.37. The zero-order valence-corrected chi connectivity index (χ0v) is 12.6. The average Bonchev–Trinajstić information content (AvgIpc) is 2.46. The summed E-state index contributed by atoms with van der Waals surface area (Å²) in [4.78, 5) is 2.47. The Balaban J connectivity index is 1.87. The maximum Gasteiger partial charge on any atom is 0.0340 e. The van der Waals surface area contributed by atoms with Crippen LogP contribution in [0.4, 0.5) is 11.4 Å². The number of anilines is 2. The molecule has 0 heterocycles. The van der Waals surface area contributed by atoms with Crippen LogP contribution in [0, 0.1) is 0 Å². The first kappa shape index (κ1) is 14.2. The topological polar surface area (TPSA) is 38.0 Å². The molecule has 3 N–H and O–H groups in total. The minimum atomic E-state index is 0.806. The molecule has 4 heteroatoms. The number of nitrogen functional groups attached to an aromatic ring is 1. The number of nitrogens with one attached hydrogen (secondary N) is 1. The summed E-state index contributed by atoms with van der Waals surface area (Å²) >= 11 is 0. The molecule has 2 rings (SSSR count). The molecule has 0 bridgehead atoms. The van der Waals surface area contributed by atoms with Crippen molar-refractivity contribution < 1.29 is 0 Å². The number of rotatable bonds is 6. The molecule has 0 amide bonds. The van der Waals surface area contributed by atoms with Gasteiger partial charge in [-0.3, -0.25) is 0 Å². The predicted molar refractivity (Wildman–Crippen MR) is 87.8 cm³/mol. The van der Waals surface area contributed by atoms with Gasteiger partial charge in [-0.1, -0.05) is 28.5 Å². The molecule has 0 spiro atoms. The van der Waals surface area contributed by atoms with Crippen molar-refractivity contribution in [1.82, 2.24) is 0 Å². The smallest absolute Gasteiger partial charge is 0.0340 e. The highest BCUT2D eigenvalue weighted by Gasteiger charge is 1.98. The van der Waals surface area contributed by atoms with Gasteiger partial charge in [0.25, 0.3) is 0 Å². The lowest BCUT2D eigenvalue weighted by Crippen LogP contribution is -1.98. The van der Waals surface area contributed by atoms with Crippen LogP contribution in [0.2, 0.25) is 0 Å². The first-order valence-corrected chi connectivity index (χ1v) is 8.47. The standard InChI is InChI=1S/C15H18N2S2/c1-2-11-17-13-5-9-15(10-6-13)19-18-14-7-3-12(16)4-8-14/h3-10,17H,2,11,16H2,1H3. The van der Waals surface area contributed by atoms with Crippen LogP contribution in [0.15, 0.2) is 58.3 Å². The summed E-state index contributed by atoms with van der Waals surface area (Å²) < 4.78 is 0. The van der Waals surface area contributed by atoms with Crippen molar-refractivity contribution in [1.29, 1.82) is 0 Å². The largest absolute Gasteiger partial charge is 0.399 e. The van der Waals surface area contributed by atoms with E-state index in [2.05, 4.69) is 36.5 Å². The second kappa shape index (κ2) is 7.36. The first-order chi connectivity index (χ1) is 9.28. The third-order valence-electron chi connectivity index (χ3n) is 2.55. The molecule has 0 radical (unpaired) electrons. The van der Waals surface area contributed by atoms with Gasteiger partial charge in [0.05, 0.1) is 0 Å². The van der Waals surface area contributed by atoms with Gasteiger partial charge in [-0.15, -0.1) is 0 Å². The minimum Gasteiger partial charge on any atom is -0.399 e. The van der Waals surface area contributed by atoms with Gasteiger partial charge in [0, 0.05) is 27.7 Å². The molecular formula is C15H18N2S2. The van der Waals surface area contributed by atoms with Crippen LogP contribution >= 0.6 is 21.6 Å². The molecule has 100 valence electrons. The fourth-order valence-corrected chi connectivity index (χ4v) is 3.45. The monoisotopic (exact) mass is 290 g/mol. The minimum absolute atomic E-state index is 0.806. The summed E-state index contributed by atoms with van der Waals surface area (Å²) in [6, 6.07) is 16.5. The summed E-state index contributed by atoms with van der Waals surface area (Å²) in [5, 5.41) is 3.37. The van der Waals surface area contributed by atoms with Crippen LogP contribution in [0.25, 0.3) is 0 Å². The molecule has 19 heavy (non-hydrogen) atoms. The summed E-state index contributed by atoms with van der Waals surface area (Å²) in [5.74, 6) is 0. The van der Waals surface area contributed by atoms with E-state index in [9.17, 15) is 0 Å². The van der Waals surface area contributed by atoms with Crippen LogP contribution in [-0.2, 0) is 0 Å². The van der Waals surface area contributed by atoms with Gasteiger partial charge in [-0.05, 0) is 55.0 Å². The quantitative estimate of drug-likeness (QED) is 0.587. The molecule has 2 aromatic carbocycles. The zero-order chi connectivity index (χ0) is 13.5. The lowest BCUT2D eigenvalue weighted by atomic mass is 10.3. The SMILES string of the molecule is CCCNc1ccc(SSc2ccc(N)cc2)cc1. The maximum absolute atomic E-state index is 5.67. The zero-order valence-electron chi connectivity index (χ0n) is 10.9. The van der Waals surface area contributed by atoms with Crippen LogP contribution in [0.3, 0.4) is 0 Å². The van der Waals surface area contributed by atoms with Gasteiger partial charge in [0.15, 0.2) is 0 Å². The Bertz CT molecular complexity index is 495. The number of hydrogen-bond acceptors (Lipinski definition) is 4. The third-order valence-corrected chi connectivity index (χ3v) is 4.96. The molecule has 0 unspecified atom stereocenters. The Morgan fingerprint density at radius 1 is 0.895 bits per heavy atom. The number of nitrogens with two attached hydrogens (primary N) is 1. The summed E-state index contributed by atoms with van der Waals surface area (Å²) in [7, 11) is 3.51. The lowest BCUT2D eigenvalue weighted by Gasteiger charge is -2.06. The molecule has 0 aliphatic carbocycles. The molecule has 0 atom stereocenters. The van der Waals surface area contributed by atoms with Crippen LogP contribution < -0.4 is 11.1 Å². The molecule has 2 nitrogen and oxygen atoms in total. The highest BCUT2D eigenvalue weighted by atomic mass is 33.1. The molecule has 0 aromatic heterocycles. The van der Waals surface area contributed by atoms with E-state index in [0.717, 1.165) is 18.7 Å².